The van der Waals surface area contributed by atoms with E-state index in [-0.39, 0.29) is 0 Å². The summed E-state index contributed by atoms with van der Waals surface area (Å²) in [6.07, 6.45) is 3.34. The molecule has 0 amide bonds. The molecule has 1 aromatic carbocycles. The van der Waals surface area contributed by atoms with Gasteiger partial charge in [-0.25, -0.2) is 13.1 Å². The van der Waals surface area contributed by atoms with Crippen molar-refractivity contribution in [2.75, 3.05) is 26.2 Å². The predicted molar refractivity (Wildman–Crippen MR) is 90.6 cm³/mol. The maximum absolute atomic E-state index is 12.5. The number of hydrogen-bond acceptors (Lipinski definition) is 3. The quantitative estimate of drug-likeness (QED) is 0.875. The smallest absolute Gasteiger partial charge is 0.240 e. The van der Waals surface area contributed by atoms with Crippen LogP contribution in [0.2, 0.25) is 0 Å². The maximum Gasteiger partial charge on any atom is 0.240 e. The molecule has 22 heavy (non-hydrogen) atoms. The molecule has 124 valence electrons. The number of piperidine rings is 1. The van der Waals surface area contributed by atoms with E-state index in [0.29, 0.717) is 17.4 Å². The highest BCUT2D eigenvalue weighted by atomic mass is 32.2. The molecule has 0 bridgehead atoms. The predicted octanol–water partition coefficient (Wildman–Crippen LogP) is 2.70. The van der Waals surface area contributed by atoms with E-state index in [0.717, 1.165) is 43.6 Å². The van der Waals surface area contributed by atoms with E-state index < -0.39 is 10.0 Å². The van der Waals surface area contributed by atoms with Crippen LogP contribution in [0.5, 0.6) is 0 Å². The zero-order valence-corrected chi connectivity index (χ0v) is 14.7. The first kappa shape index (κ1) is 17.4. The molecule has 5 heteroatoms. The number of aryl methyl sites for hydroxylation is 2. The molecular formula is C17H28N2O2S. The Morgan fingerprint density at radius 3 is 2.50 bits per heavy atom. The first-order valence-corrected chi connectivity index (χ1v) is 9.70. The molecule has 4 nitrogen and oxygen atoms in total. The van der Waals surface area contributed by atoms with E-state index in [4.69, 9.17) is 0 Å². The number of rotatable bonds is 6. The Morgan fingerprint density at radius 2 is 1.91 bits per heavy atom. The SMILES string of the molecule is CCCN1CCC(CNS(=O)(=O)c2ccc(C)cc2C)CC1. The first-order chi connectivity index (χ1) is 10.4. The monoisotopic (exact) mass is 324 g/mol. The second kappa shape index (κ2) is 7.57. The van der Waals surface area contributed by atoms with Crippen molar-refractivity contribution in [2.24, 2.45) is 5.92 Å². The fraction of sp³-hybridized carbons (Fsp3) is 0.647. The van der Waals surface area contributed by atoms with Crippen LogP contribution in [-0.4, -0.2) is 39.5 Å². The summed E-state index contributed by atoms with van der Waals surface area (Å²) in [4.78, 5) is 2.87. The van der Waals surface area contributed by atoms with Gasteiger partial charge < -0.3 is 4.90 Å². The van der Waals surface area contributed by atoms with Gasteiger partial charge in [0.1, 0.15) is 0 Å². The van der Waals surface area contributed by atoms with Crippen LogP contribution in [0.25, 0.3) is 0 Å². The molecule has 0 radical (unpaired) electrons. The molecule has 0 aromatic heterocycles. The van der Waals surface area contributed by atoms with Crippen LogP contribution in [0, 0.1) is 19.8 Å². The zero-order chi connectivity index (χ0) is 16.2. The Bertz CT molecular complexity index is 591. The Morgan fingerprint density at radius 1 is 1.23 bits per heavy atom. The molecule has 1 heterocycles. The van der Waals surface area contributed by atoms with Crippen molar-refractivity contribution in [1.29, 1.82) is 0 Å². The fourth-order valence-corrected chi connectivity index (χ4v) is 4.48. The summed E-state index contributed by atoms with van der Waals surface area (Å²) in [7, 11) is -3.39. The Hall–Kier alpha value is -0.910. The van der Waals surface area contributed by atoms with E-state index in [2.05, 4.69) is 16.5 Å². The standard InChI is InChI=1S/C17H28N2O2S/c1-4-9-19-10-7-16(8-11-19)13-18-22(20,21)17-6-5-14(2)12-15(17)3/h5-6,12,16,18H,4,7-11,13H2,1-3H3. The summed E-state index contributed by atoms with van der Waals surface area (Å²) < 4.78 is 27.7. The molecule has 1 fully saturated rings. The fourth-order valence-electron chi connectivity index (χ4n) is 3.14. The van der Waals surface area contributed by atoms with Crippen LogP contribution in [-0.2, 0) is 10.0 Å². The maximum atomic E-state index is 12.5. The average Bonchev–Trinajstić information content (AvgIpc) is 2.46. The van der Waals surface area contributed by atoms with Crippen molar-refractivity contribution in [3.63, 3.8) is 0 Å². The lowest BCUT2D eigenvalue weighted by molar-refractivity contribution is 0.186. The third-order valence-corrected chi connectivity index (χ3v) is 6.01. The molecule has 1 aliphatic heterocycles. The molecule has 0 saturated carbocycles. The highest BCUT2D eigenvalue weighted by molar-refractivity contribution is 7.89. The number of benzene rings is 1. The number of hydrogen-bond donors (Lipinski definition) is 1. The molecule has 0 unspecified atom stereocenters. The minimum atomic E-state index is -3.39. The number of nitrogens with one attached hydrogen (secondary N) is 1. The van der Waals surface area contributed by atoms with Gasteiger partial charge in [-0.3, -0.25) is 0 Å². The summed E-state index contributed by atoms with van der Waals surface area (Å²) in [6, 6.07) is 5.47. The molecule has 1 aromatic rings. The first-order valence-electron chi connectivity index (χ1n) is 8.21. The molecule has 1 N–H and O–H groups in total. The normalized spacial score (nSPS) is 17.8. The van der Waals surface area contributed by atoms with Gasteiger partial charge in [0.15, 0.2) is 0 Å². The van der Waals surface area contributed by atoms with Crippen LogP contribution < -0.4 is 4.72 Å². The van der Waals surface area contributed by atoms with Gasteiger partial charge in [0.2, 0.25) is 10.0 Å². The van der Waals surface area contributed by atoms with Gasteiger partial charge in [0, 0.05) is 6.54 Å². The summed E-state index contributed by atoms with van der Waals surface area (Å²) in [6.45, 7) is 9.90. The molecule has 0 spiro atoms. The van der Waals surface area contributed by atoms with E-state index in [9.17, 15) is 8.42 Å². The van der Waals surface area contributed by atoms with Gasteiger partial charge in [-0.15, -0.1) is 0 Å². The van der Waals surface area contributed by atoms with E-state index >= 15 is 0 Å². The van der Waals surface area contributed by atoms with Crippen LogP contribution in [0.1, 0.15) is 37.3 Å². The number of sulfonamides is 1. The number of nitrogens with zero attached hydrogens (tertiary/aromatic N) is 1. The highest BCUT2D eigenvalue weighted by Gasteiger charge is 2.22. The van der Waals surface area contributed by atoms with Gasteiger partial charge in [0.05, 0.1) is 4.90 Å². The van der Waals surface area contributed by atoms with Crippen molar-refractivity contribution in [2.45, 2.75) is 44.9 Å². The van der Waals surface area contributed by atoms with Crippen molar-refractivity contribution >= 4 is 10.0 Å². The summed E-state index contributed by atoms with van der Waals surface area (Å²) >= 11 is 0. The van der Waals surface area contributed by atoms with Gasteiger partial charge in [-0.1, -0.05) is 24.6 Å². The van der Waals surface area contributed by atoms with Crippen LogP contribution in [0.4, 0.5) is 0 Å². The van der Waals surface area contributed by atoms with Gasteiger partial charge in [-0.2, -0.15) is 0 Å². The summed E-state index contributed by atoms with van der Waals surface area (Å²) in [5.41, 5.74) is 1.89. The topological polar surface area (TPSA) is 49.4 Å². The van der Waals surface area contributed by atoms with Crippen molar-refractivity contribution in [3.05, 3.63) is 29.3 Å². The van der Waals surface area contributed by atoms with E-state index in [1.54, 1.807) is 6.07 Å². The molecule has 2 rings (SSSR count). The summed E-state index contributed by atoms with van der Waals surface area (Å²) in [5, 5.41) is 0. The second-order valence-electron chi connectivity index (χ2n) is 6.41. The molecule has 1 saturated heterocycles. The molecular weight excluding hydrogens is 296 g/mol. The third-order valence-electron chi connectivity index (χ3n) is 4.43. The van der Waals surface area contributed by atoms with Gasteiger partial charge >= 0.3 is 0 Å². The zero-order valence-electron chi connectivity index (χ0n) is 13.9. The second-order valence-corrected chi connectivity index (χ2v) is 8.14. The molecule has 0 aliphatic carbocycles. The minimum Gasteiger partial charge on any atom is -0.303 e. The van der Waals surface area contributed by atoms with Crippen LogP contribution in [0.3, 0.4) is 0 Å². The molecule has 0 atom stereocenters. The summed E-state index contributed by atoms with van der Waals surface area (Å²) in [5.74, 6) is 0.452. The number of likely N-dealkylation sites (tertiary alicyclic amines) is 1. The Balaban J connectivity index is 1.91. The highest BCUT2D eigenvalue weighted by Crippen LogP contribution is 2.19. The lowest BCUT2D eigenvalue weighted by Gasteiger charge is -2.31. The Kier molecular flexibility index (Phi) is 6.01. The van der Waals surface area contributed by atoms with Crippen molar-refractivity contribution < 1.29 is 8.42 Å². The Labute approximate surface area is 135 Å². The van der Waals surface area contributed by atoms with Crippen molar-refractivity contribution in [3.8, 4) is 0 Å². The molecule has 1 aliphatic rings. The average molecular weight is 324 g/mol. The van der Waals surface area contributed by atoms with Gasteiger partial charge in [-0.05, 0) is 70.3 Å². The lowest BCUT2D eigenvalue weighted by Crippen LogP contribution is -2.39. The third kappa shape index (κ3) is 4.54. The van der Waals surface area contributed by atoms with Gasteiger partial charge in [0.25, 0.3) is 0 Å². The minimum absolute atomic E-state index is 0.404. The lowest BCUT2D eigenvalue weighted by atomic mass is 9.97. The van der Waals surface area contributed by atoms with E-state index in [1.165, 1.54) is 6.42 Å². The largest absolute Gasteiger partial charge is 0.303 e. The van der Waals surface area contributed by atoms with E-state index in [1.807, 2.05) is 26.0 Å². The van der Waals surface area contributed by atoms with Crippen molar-refractivity contribution in [1.82, 2.24) is 9.62 Å². The van der Waals surface area contributed by atoms with Crippen LogP contribution in [0.15, 0.2) is 23.1 Å². The van der Waals surface area contributed by atoms with Crippen LogP contribution >= 0.6 is 0 Å².